The number of alkyl halides is 3. The Labute approximate surface area is 180 Å². The molecule has 32 heavy (non-hydrogen) atoms. The number of hydrogen-bond acceptors (Lipinski definition) is 5. The van der Waals surface area contributed by atoms with Crippen LogP contribution in [0.1, 0.15) is 11.1 Å². The first kappa shape index (κ1) is 22.7. The van der Waals surface area contributed by atoms with Crippen LogP contribution < -0.4 is 16.0 Å². The van der Waals surface area contributed by atoms with Crippen molar-refractivity contribution in [2.24, 2.45) is 0 Å². The van der Waals surface area contributed by atoms with Crippen molar-refractivity contribution < 1.29 is 27.5 Å². The third-order valence-electron chi connectivity index (χ3n) is 4.18. The van der Waals surface area contributed by atoms with Crippen LogP contribution in [-0.2, 0) is 22.3 Å². The van der Waals surface area contributed by atoms with E-state index >= 15 is 0 Å². The second-order valence-corrected chi connectivity index (χ2v) is 6.56. The number of nitrogens with zero attached hydrogens (tertiary/aromatic N) is 3. The molecule has 1 heterocycles. The molecule has 0 aliphatic rings. The van der Waals surface area contributed by atoms with E-state index in [2.05, 4.69) is 26.0 Å². The van der Waals surface area contributed by atoms with Gasteiger partial charge in [-0.05, 0) is 35.9 Å². The summed E-state index contributed by atoms with van der Waals surface area (Å²) in [5.74, 6) is -0.333. The fraction of sp³-hybridized carbons (Fsp3) is 0.200. The maximum atomic E-state index is 13.1. The van der Waals surface area contributed by atoms with E-state index in [-0.39, 0.29) is 30.4 Å². The number of urea groups is 1. The molecule has 0 spiro atoms. The smallest absolute Gasteiger partial charge is 0.375 e. The summed E-state index contributed by atoms with van der Waals surface area (Å²) >= 11 is 0. The number of ether oxygens (including phenoxy) is 1. The highest BCUT2D eigenvalue weighted by atomic mass is 19.4. The van der Waals surface area contributed by atoms with Gasteiger partial charge in [0, 0.05) is 19.3 Å². The standard InChI is InChI=1S/C20H19F3N6O3/c1-32-10-18(30)27-15-4-2-3-13(7-15)9-25-19(31)28-16-8-14(20(21,22)23)5-6-17(16)29-12-24-11-26-29/h2-8,11-12H,9-10H2,1H3,(H,27,30)(H2,25,28,31). The number of hydrogen-bond donors (Lipinski definition) is 3. The highest BCUT2D eigenvalue weighted by molar-refractivity contribution is 5.92. The lowest BCUT2D eigenvalue weighted by Crippen LogP contribution is -2.29. The molecular formula is C20H19F3N6O3. The van der Waals surface area contributed by atoms with Crippen molar-refractivity contribution in [3.05, 3.63) is 66.2 Å². The minimum Gasteiger partial charge on any atom is -0.375 e. The molecule has 3 rings (SSSR count). The van der Waals surface area contributed by atoms with Gasteiger partial charge in [-0.15, -0.1) is 0 Å². The van der Waals surface area contributed by atoms with E-state index in [0.29, 0.717) is 11.3 Å². The fourth-order valence-electron chi connectivity index (χ4n) is 2.78. The van der Waals surface area contributed by atoms with E-state index in [1.165, 1.54) is 30.5 Å². The Kier molecular flexibility index (Phi) is 7.05. The Hall–Kier alpha value is -3.93. The van der Waals surface area contributed by atoms with Gasteiger partial charge in [0.25, 0.3) is 0 Å². The number of rotatable bonds is 7. The third kappa shape index (κ3) is 6.04. The van der Waals surface area contributed by atoms with Crippen LogP contribution in [0.25, 0.3) is 5.69 Å². The summed E-state index contributed by atoms with van der Waals surface area (Å²) in [4.78, 5) is 27.8. The van der Waals surface area contributed by atoms with Crippen molar-refractivity contribution in [2.45, 2.75) is 12.7 Å². The van der Waals surface area contributed by atoms with E-state index in [1.54, 1.807) is 24.3 Å². The van der Waals surface area contributed by atoms with Crippen LogP contribution in [0.15, 0.2) is 55.1 Å². The van der Waals surface area contributed by atoms with Gasteiger partial charge in [-0.25, -0.2) is 14.5 Å². The molecule has 3 amide bonds. The first-order valence-electron chi connectivity index (χ1n) is 9.25. The van der Waals surface area contributed by atoms with Crippen molar-refractivity contribution in [2.75, 3.05) is 24.4 Å². The number of methoxy groups -OCH3 is 1. The summed E-state index contributed by atoms with van der Waals surface area (Å²) in [6.07, 6.45) is -2.06. The molecule has 12 heteroatoms. The Morgan fingerprint density at radius 1 is 1.12 bits per heavy atom. The number of benzene rings is 2. The average Bonchev–Trinajstić information content (AvgIpc) is 3.27. The molecule has 1 aromatic heterocycles. The van der Waals surface area contributed by atoms with Gasteiger partial charge in [0.2, 0.25) is 5.91 Å². The maximum Gasteiger partial charge on any atom is 0.416 e. The number of amides is 3. The van der Waals surface area contributed by atoms with Crippen molar-refractivity contribution >= 4 is 23.3 Å². The molecule has 0 saturated carbocycles. The normalized spacial score (nSPS) is 11.1. The van der Waals surface area contributed by atoms with Gasteiger partial charge in [-0.2, -0.15) is 18.3 Å². The molecule has 2 aromatic carbocycles. The Morgan fingerprint density at radius 3 is 2.62 bits per heavy atom. The van der Waals surface area contributed by atoms with Crippen LogP contribution in [0.3, 0.4) is 0 Å². The SMILES string of the molecule is COCC(=O)Nc1cccc(CNC(=O)Nc2cc(C(F)(F)F)ccc2-n2cncn2)c1. The van der Waals surface area contributed by atoms with E-state index < -0.39 is 17.8 Å². The molecule has 0 saturated heterocycles. The van der Waals surface area contributed by atoms with Gasteiger partial charge >= 0.3 is 12.2 Å². The quantitative estimate of drug-likeness (QED) is 0.514. The monoisotopic (exact) mass is 448 g/mol. The van der Waals surface area contributed by atoms with Crippen molar-refractivity contribution in [3.8, 4) is 5.69 Å². The summed E-state index contributed by atoms with van der Waals surface area (Å²) in [5.41, 5.74) is 0.377. The zero-order valence-electron chi connectivity index (χ0n) is 16.8. The van der Waals surface area contributed by atoms with Gasteiger partial charge in [0.05, 0.1) is 16.9 Å². The van der Waals surface area contributed by atoms with Crippen LogP contribution in [0.5, 0.6) is 0 Å². The lowest BCUT2D eigenvalue weighted by molar-refractivity contribution is -0.137. The number of aromatic nitrogens is 3. The third-order valence-corrected chi connectivity index (χ3v) is 4.18. The molecule has 0 bridgehead atoms. The minimum absolute atomic E-state index is 0.0669. The van der Waals surface area contributed by atoms with Gasteiger partial charge in [-0.3, -0.25) is 4.79 Å². The molecule has 0 radical (unpaired) electrons. The largest absolute Gasteiger partial charge is 0.416 e. The predicted molar refractivity (Wildman–Crippen MR) is 109 cm³/mol. The van der Waals surface area contributed by atoms with E-state index in [4.69, 9.17) is 4.74 Å². The summed E-state index contributed by atoms with van der Waals surface area (Å²) < 4.78 is 45.4. The van der Waals surface area contributed by atoms with Gasteiger partial charge in [0.15, 0.2) is 0 Å². The lowest BCUT2D eigenvalue weighted by atomic mass is 10.1. The Bertz CT molecular complexity index is 1090. The van der Waals surface area contributed by atoms with E-state index in [1.807, 2.05) is 0 Å². The molecular weight excluding hydrogens is 429 g/mol. The molecule has 168 valence electrons. The van der Waals surface area contributed by atoms with Gasteiger partial charge in [0.1, 0.15) is 19.3 Å². The lowest BCUT2D eigenvalue weighted by Gasteiger charge is -2.15. The number of carbonyl (C=O) groups excluding carboxylic acids is 2. The van der Waals surface area contributed by atoms with Crippen LogP contribution in [0.2, 0.25) is 0 Å². The van der Waals surface area contributed by atoms with Crippen LogP contribution in [0.4, 0.5) is 29.3 Å². The van der Waals surface area contributed by atoms with Crippen molar-refractivity contribution in [3.63, 3.8) is 0 Å². The number of anilines is 2. The topological polar surface area (TPSA) is 110 Å². The molecule has 0 aliphatic heterocycles. The van der Waals surface area contributed by atoms with Crippen molar-refractivity contribution in [1.82, 2.24) is 20.1 Å². The zero-order chi connectivity index (χ0) is 23.1. The fourth-order valence-corrected chi connectivity index (χ4v) is 2.78. The highest BCUT2D eigenvalue weighted by Gasteiger charge is 2.31. The molecule has 9 nitrogen and oxygen atoms in total. The first-order chi connectivity index (χ1) is 15.3. The van der Waals surface area contributed by atoms with E-state index in [0.717, 1.165) is 12.1 Å². The second-order valence-electron chi connectivity index (χ2n) is 6.56. The number of carbonyl (C=O) groups is 2. The number of halogens is 3. The summed E-state index contributed by atoms with van der Waals surface area (Å²) in [6.45, 7) is -0.0343. The Balaban J connectivity index is 1.70. The molecule has 3 aromatic rings. The molecule has 0 aliphatic carbocycles. The van der Waals surface area contributed by atoms with Crippen LogP contribution >= 0.6 is 0 Å². The predicted octanol–water partition coefficient (Wildman–Crippen LogP) is 3.19. The number of nitrogens with one attached hydrogen (secondary N) is 3. The van der Waals surface area contributed by atoms with Crippen molar-refractivity contribution in [1.29, 1.82) is 0 Å². The van der Waals surface area contributed by atoms with Gasteiger partial charge in [-0.1, -0.05) is 12.1 Å². The molecule has 0 atom stereocenters. The van der Waals surface area contributed by atoms with Crippen LogP contribution in [-0.4, -0.2) is 40.4 Å². The minimum atomic E-state index is -4.58. The average molecular weight is 448 g/mol. The summed E-state index contributed by atoms with van der Waals surface area (Å²) in [6, 6.07) is 8.91. The zero-order valence-corrected chi connectivity index (χ0v) is 16.8. The van der Waals surface area contributed by atoms with Gasteiger partial charge < -0.3 is 20.7 Å². The molecule has 0 unspecified atom stereocenters. The summed E-state index contributed by atoms with van der Waals surface area (Å²) in [7, 11) is 1.40. The van der Waals surface area contributed by atoms with E-state index in [9.17, 15) is 22.8 Å². The molecule has 0 fully saturated rings. The maximum absolute atomic E-state index is 13.1. The molecule has 3 N–H and O–H groups in total. The second kappa shape index (κ2) is 9.92. The first-order valence-corrected chi connectivity index (χ1v) is 9.25. The summed E-state index contributed by atoms with van der Waals surface area (Å²) in [5, 5.41) is 11.5. The van der Waals surface area contributed by atoms with Crippen LogP contribution in [0, 0.1) is 0 Å². The Morgan fingerprint density at radius 2 is 1.94 bits per heavy atom. The highest BCUT2D eigenvalue weighted by Crippen LogP contribution is 2.33.